The Morgan fingerprint density at radius 2 is 1.79 bits per heavy atom. The van der Waals surface area contributed by atoms with Crippen LogP contribution < -0.4 is 20.1 Å². The van der Waals surface area contributed by atoms with Gasteiger partial charge in [-0.3, -0.25) is 4.79 Å². The molecule has 126 valence electrons. The third kappa shape index (κ3) is 3.66. The number of sulfonamides is 1. The van der Waals surface area contributed by atoms with E-state index in [4.69, 9.17) is 4.74 Å². The molecular weight excluding hydrogens is 330 g/mol. The number of nitrogens with one attached hydrogen (secondary N) is 3. The lowest BCUT2D eigenvalue weighted by Gasteiger charge is -2.27. The standard InChI is InChI=1S/C16H17N3O4S/c20-16(17-10-11-23-12-6-2-1-3-7-12)15-18-13-8-4-5-9-14(13)24(21,22)19-15/h1-9,15,18-19H,10-11H2,(H,17,20). The summed E-state index contributed by atoms with van der Waals surface area (Å²) < 4.78 is 32.1. The van der Waals surface area contributed by atoms with Gasteiger partial charge in [-0.05, 0) is 24.3 Å². The molecule has 0 radical (unpaired) electrons. The Hall–Kier alpha value is -2.58. The first-order valence-corrected chi connectivity index (χ1v) is 8.88. The largest absolute Gasteiger partial charge is 0.492 e. The van der Waals surface area contributed by atoms with Crippen LogP contribution in [-0.2, 0) is 14.8 Å². The number of rotatable bonds is 5. The lowest BCUT2D eigenvalue weighted by molar-refractivity contribution is -0.122. The van der Waals surface area contributed by atoms with Crippen LogP contribution in [0.1, 0.15) is 0 Å². The molecule has 0 spiro atoms. The molecule has 1 amide bonds. The molecule has 3 N–H and O–H groups in total. The number of hydrogen-bond acceptors (Lipinski definition) is 5. The summed E-state index contributed by atoms with van der Waals surface area (Å²) in [6.07, 6.45) is -1.05. The molecule has 0 saturated heterocycles. The van der Waals surface area contributed by atoms with Crippen molar-refractivity contribution in [3.63, 3.8) is 0 Å². The highest BCUT2D eigenvalue weighted by atomic mass is 32.2. The monoisotopic (exact) mass is 347 g/mol. The van der Waals surface area contributed by atoms with Crippen LogP contribution in [-0.4, -0.2) is 33.6 Å². The second-order valence-electron chi connectivity index (χ2n) is 5.15. The maximum Gasteiger partial charge on any atom is 0.258 e. The zero-order chi connectivity index (χ0) is 17.0. The maximum absolute atomic E-state index is 12.2. The first-order chi connectivity index (χ1) is 11.6. The molecule has 0 bridgehead atoms. The number of para-hydroxylation sites is 2. The molecule has 1 heterocycles. The topological polar surface area (TPSA) is 96.5 Å². The van der Waals surface area contributed by atoms with E-state index in [0.717, 1.165) is 0 Å². The van der Waals surface area contributed by atoms with Gasteiger partial charge in [0.15, 0.2) is 6.17 Å². The van der Waals surface area contributed by atoms with E-state index in [1.165, 1.54) is 6.07 Å². The van der Waals surface area contributed by atoms with Gasteiger partial charge < -0.3 is 15.4 Å². The molecule has 1 aliphatic heterocycles. The summed E-state index contributed by atoms with van der Waals surface area (Å²) in [5, 5.41) is 5.51. The minimum Gasteiger partial charge on any atom is -0.492 e. The van der Waals surface area contributed by atoms with E-state index in [1.807, 2.05) is 30.3 Å². The van der Waals surface area contributed by atoms with Crippen molar-refractivity contribution in [2.75, 3.05) is 18.5 Å². The van der Waals surface area contributed by atoms with Gasteiger partial charge in [0.1, 0.15) is 17.3 Å². The minimum absolute atomic E-state index is 0.126. The van der Waals surface area contributed by atoms with E-state index in [2.05, 4.69) is 15.4 Å². The second-order valence-corrected chi connectivity index (χ2v) is 6.83. The van der Waals surface area contributed by atoms with Gasteiger partial charge in [0.2, 0.25) is 10.0 Å². The predicted molar refractivity (Wildman–Crippen MR) is 89.1 cm³/mol. The van der Waals surface area contributed by atoms with E-state index in [0.29, 0.717) is 11.4 Å². The van der Waals surface area contributed by atoms with Crippen LogP contribution in [0.5, 0.6) is 5.75 Å². The average Bonchev–Trinajstić information content (AvgIpc) is 2.59. The Kier molecular flexibility index (Phi) is 4.68. The van der Waals surface area contributed by atoms with Crippen LogP contribution >= 0.6 is 0 Å². The summed E-state index contributed by atoms with van der Waals surface area (Å²) in [6.45, 7) is 0.543. The van der Waals surface area contributed by atoms with Crippen molar-refractivity contribution < 1.29 is 17.9 Å². The summed E-state index contributed by atoms with van der Waals surface area (Å²) >= 11 is 0. The molecule has 3 rings (SSSR count). The average molecular weight is 347 g/mol. The zero-order valence-electron chi connectivity index (χ0n) is 12.7. The molecule has 2 aromatic rings. The smallest absolute Gasteiger partial charge is 0.258 e. The summed E-state index contributed by atoms with van der Waals surface area (Å²) in [7, 11) is -3.71. The first kappa shape index (κ1) is 16.3. The predicted octanol–water partition coefficient (Wildman–Crippen LogP) is 0.912. The summed E-state index contributed by atoms with van der Waals surface area (Å²) in [5.74, 6) is 0.238. The highest BCUT2D eigenvalue weighted by Crippen LogP contribution is 2.25. The van der Waals surface area contributed by atoms with Gasteiger partial charge in [-0.15, -0.1) is 0 Å². The summed E-state index contributed by atoms with van der Waals surface area (Å²) in [6, 6.07) is 15.6. The van der Waals surface area contributed by atoms with Crippen molar-refractivity contribution in [2.24, 2.45) is 0 Å². The van der Waals surface area contributed by atoms with Crippen molar-refractivity contribution in [3.05, 3.63) is 54.6 Å². The Balaban J connectivity index is 1.55. The van der Waals surface area contributed by atoms with Crippen molar-refractivity contribution in [1.29, 1.82) is 0 Å². The number of benzene rings is 2. The Morgan fingerprint density at radius 1 is 1.08 bits per heavy atom. The van der Waals surface area contributed by atoms with Crippen molar-refractivity contribution >= 4 is 21.6 Å². The highest BCUT2D eigenvalue weighted by Gasteiger charge is 2.32. The molecule has 1 atom stereocenters. The molecule has 1 unspecified atom stereocenters. The number of ether oxygens (including phenoxy) is 1. The van der Waals surface area contributed by atoms with Crippen LogP contribution in [0, 0.1) is 0 Å². The molecular formula is C16H17N3O4S. The number of amides is 1. The minimum atomic E-state index is -3.71. The SMILES string of the molecule is O=C(NCCOc1ccccc1)C1Nc2ccccc2S(=O)(=O)N1. The fourth-order valence-corrected chi connectivity index (χ4v) is 3.58. The number of carbonyl (C=O) groups excluding carboxylic acids is 1. The zero-order valence-corrected chi connectivity index (χ0v) is 13.5. The van der Waals surface area contributed by atoms with E-state index in [-0.39, 0.29) is 18.0 Å². The van der Waals surface area contributed by atoms with E-state index in [9.17, 15) is 13.2 Å². The fourth-order valence-electron chi connectivity index (χ4n) is 2.30. The van der Waals surface area contributed by atoms with Crippen molar-refractivity contribution in [2.45, 2.75) is 11.1 Å². The first-order valence-electron chi connectivity index (χ1n) is 7.40. The molecule has 0 aromatic heterocycles. The van der Waals surface area contributed by atoms with Gasteiger partial charge >= 0.3 is 0 Å². The number of carbonyl (C=O) groups is 1. The van der Waals surface area contributed by atoms with E-state index in [1.54, 1.807) is 18.2 Å². The quantitative estimate of drug-likeness (QED) is 0.699. The molecule has 0 fully saturated rings. The summed E-state index contributed by atoms with van der Waals surface area (Å²) in [5.41, 5.74) is 0.400. The number of hydrogen-bond donors (Lipinski definition) is 3. The lowest BCUT2D eigenvalue weighted by atomic mass is 10.3. The molecule has 8 heteroatoms. The molecule has 0 saturated carbocycles. The van der Waals surface area contributed by atoms with Crippen LogP contribution in [0.4, 0.5) is 5.69 Å². The molecule has 2 aromatic carbocycles. The van der Waals surface area contributed by atoms with Gasteiger partial charge in [0.25, 0.3) is 5.91 Å². The van der Waals surface area contributed by atoms with Crippen LogP contribution in [0.15, 0.2) is 59.5 Å². The highest BCUT2D eigenvalue weighted by molar-refractivity contribution is 7.89. The third-order valence-corrected chi connectivity index (χ3v) is 4.91. The maximum atomic E-state index is 12.2. The van der Waals surface area contributed by atoms with Gasteiger partial charge in [0.05, 0.1) is 12.2 Å². The van der Waals surface area contributed by atoms with Gasteiger partial charge in [-0.2, -0.15) is 4.72 Å². The Morgan fingerprint density at radius 3 is 2.58 bits per heavy atom. The number of anilines is 1. The van der Waals surface area contributed by atoms with Crippen molar-refractivity contribution in [1.82, 2.24) is 10.0 Å². The van der Waals surface area contributed by atoms with Crippen LogP contribution in [0.2, 0.25) is 0 Å². The molecule has 24 heavy (non-hydrogen) atoms. The normalized spacial score (nSPS) is 18.1. The molecule has 1 aliphatic rings. The van der Waals surface area contributed by atoms with Crippen LogP contribution in [0.25, 0.3) is 0 Å². The van der Waals surface area contributed by atoms with Gasteiger partial charge in [-0.25, -0.2) is 8.42 Å². The number of fused-ring (bicyclic) bond motifs is 1. The van der Waals surface area contributed by atoms with Gasteiger partial charge in [-0.1, -0.05) is 30.3 Å². The van der Waals surface area contributed by atoms with Gasteiger partial charge in [0, 0.05) is 0 Å². The summed E-state index contributed by atoms with van der Waals surface area (Å²) in [4.78, 5) is 12.3. The van der Waals surface area contributed by atoms with Crippen LogP contribution in [0.3, 0.4) is 0 Å². The Labute approximate surface area is 140 Å². The fraction of sp³-hybridized carbons (Fsp3) is 0.188. The second kappa shape index (κ2) is 6.90. The molecule has 0 aliphatic carbocycles. The van der Waals surface area contributed by atoms with Crippen molar-refractivity contribution in [3.8, 4) is 5.75 Å². The van der Waals surface area contributed by atoms with E-state index < -0.39 is 22.1 Å². The third-order valence-electron chi connectivity index (χ3n) is 3.42. The lowest BCUT2D eigenvalue weighted by Crippen LogP contribution is -2.54. The molecule has 7 nitrogen and oxygen atoms in total. The van der Waals surface area contributed by atoms with E-state index >= 15 is 0 Å². The Bertz CT molecular complexity index is 824.